The summed E-state index contributed by atoms with van der Waals surface area (Å²) in [4.78, 5) is 0. The van der Waals surface area contributed by atoms with E-state index in [-0.39, 0.29) is 24.3 Å². The van der Waals surface area contributed by atoms with Gasteiger partial charge in [-0.05, 0) is 23.1 Å². The minimum Gasteiger partial charge on any atom is -0.375 e. The molecule has 3 aromatic rings. The summed E-state index contributed by atoms with van der Waals surface area (Å²) in [5.41, 5.74) is 3.53. The first kappa shape index (κ1) is 23.7. The van der Waals surface area contributed by atoms with Crippen molar-refractivity contribution in [2.75, 3.05) is 6.61 Å². The average molecular weight is 446 g/mol. The van der Waals surface area contributed by atoms with E-state index in [9.17, 15) is 0 Å². The number of hydrogen-bond acceptors (Lipinski definition) is 4. The molecule has 0 radical (unpaired) electrons. The zero-order chi connectivity index (χ0) is 22.7. The molecule has 1 fully saturated rings. The van der Waals surface area contributed by atoms with Crippen molar-refractivity contribution in [3.8, 4) is 0 Å². The van der Waals surface area contributed by atoms with Gasteiger partial charge in [0.25, 0.3) is 0 Å². The summed E-state index contributed by atoms with van der Waals surface area (Å²) >= 11 is 0. The Morgan fingerprint density at radius 3 is 1.55 bits per heavy atom. The topological polar surface area (TPSA) is 39.7 Å². The maximum absolute atomic E-state index is 6.51. The maximum Gasteiger partial charge on any atom is 0.103 e. The Morgan fingerprint density at radius 2 is 1.06 bits per heavy atom. The van der Waals surface area contributed by atoms with Gasteiger partial charge in [-0.2, -0.15) is 0 Å². The molecule has 3 aromatic carbocycles. The molecule has 4 rings (SSSR count). The zero-order valence-electron chi connectivity index (χ0n) is 19.4. The summed E-state index contributed by atoms with van der Waals surface area (Å²) < 4.78 is 19.1. The summed E-state index contributed by atoms with van der Waals surface area (Å²) in [6, 6.07) is 31.3. The molecule has 0 bridgehead atoms. The summed E-state index contributed by atoms with van der Waals surface area (Å²) in [5, 5.41) is 3.78. The van der Waals surface area contributed by atoms with Crippen LogP contribution in [0.3, 0.4) is 0 Å². The van der Waals surface area contributed by atoms with Crippen molar-refractivity contribution in [2.24, 2.45) is 0 Å². The van der Waals surface area contributed by atoms with E-state index < -0.39 is 0 Å². The Balaban J connectivity index is 1.44. The van der Waals surface area contributed by atoms with Crippen LogP contribution in [0.2, 0.25) is 0 Å². The molecule has 174 valence electrons. The highest BCUT2D eigenvalue weighted by Crippen LogP contribution is 2.26. The molecule has 1 saturated heterocycles. The predicted octanol–water partition coefficient (Wildman–Crippen LogP) is 5.51. The molecule has 4 atom stereocenters. The number of hydrogen-bond donors (Lipinski definition) is 1. The lowest BCUT2D eigenvalue weighted by Gasteiger charge is -2.26. The van der Waals surface area contributed by atoms with Gasteiger partial charge >= 0.3 is 0 Å². The molecule has 1 heterocycles. The molecule has 1 aliphatic rings. The van der Waals surface area contributed by atoms with Gasteiger partial charge in [0.1, 0.15) is 12.2 Å². The van der Waals surface area contributed by atoms with Gasteiger partial charge in [-0.15, -0.1) is 0 Å². The third kappa shape index (κ3) is 6.99. The fraction of sp³-hybridized carbons (Fsp3) is 0.379. The van der Waals surface area contributed by atoms with E-state index in [1.165, 1.54) is 16.7 Å². The molecule has 0 spiro atoms. The zero-order valence-corrected chi connectivity index (χ0v) is 19.4. The lowest BCUT2D eigenvalue weighted by molar-refractivity contribution is -0.0862. The second kappa shape index (κ2) is 12.7. The van der Waals surface area contributed by atoms with Gasteiger partial charge in [0.2, 0.25) is 0 Å². The van der Waals surface area contributed by atoms with Crippen LogP contribution in [0, 0.1) is 0 Å². The third-order valence-corrected chi connectivity index (χ3v) is 6.12. The first-order chi connectivity index (χ1) is 16.3. The second-order valence-corrected chi connectivity index (χ2v) is 8.69. The predicted molar refractivity (Wildman–Crippen MR) is 132 cm³/mol. The van der Waals surface area contributed by atoms with Crippen LogP contribution in [0.5, 0.6) is 0 Å². The molecule has 4 heteroatoms. The summed E-state index contributed by atoms with van der Waals surface area (Å²) in [6.07, 6.45) is 2.02. The van der Waals surface area contributed by atoms with Crippen molar-refractivity contribution in [3.05, 3.63) is 108 Å². The molecule has 1 N–H and O–H groups in total. The lowest BCUT2D eigenvalue weighted by atomic mass is 10.0. The average Bonchev–Trinajstić information content (AvgIpc) is 3.19. The van der Waals surface area contributed by atoms with Crippen LogP contribution in [0.4, 0.5) is 0 Å². The van der Waals surface area contributed by atoms with E-state index in [1.807, 2.05) is 30.3 Å². The van der Waals surface area contributed by atoms with Gasteiger partial charge in [-0.3, -0.25) is 0 Å². The van der Waals surface area contributed by atoms with Gasteiger partial charge in [-0.25, -0.2) is 0 Å². The summed E-state index contributed by atoms with van der Waals surface area (Å²) in [5.74, 6) is 0. The fourth-order valence-electron chi connectivity index (χ4n) is 4.46. The Kier molecular flexibility index (Phi) is 9.08. The Hall–Kier alpha value is -2.50. The van der Waals surface area contributed by atoms with Gasteiger partial charge < -0.3 is 19.5 Å². The van der Waals surface area contributed by atoms with Crippen LogP contribution in [0.25, 0.3) is 0 Å². The van der Waals surface area contributed by atoms with Crippen LogP contribution >= 0.6 is 0 Å². The molecule has 0 aliphatic carbocycles. The maximum atomic E-state index is 6.51. The number of nitrogens with one attached hydrogen (secondary N) is 1. The third-order valence-electron chi connectivity index (χ3n) is 6.12. The minimum atomic E-state index is -0.0822. The Labute approximate surface area is 197 Å². The van der Waals surface area contributed by atoms with E-state index in [4.69, 9.17) is 14.2 Å². The van der Waals surface area contributed by atoms with Crippen molar-refractivity contribution < 1.29 is 14.2 Å². The Morgan fingerprint density at radius 1 is 0.606 bits per heavy atom. The van der Waals surface area contributed by atoms with Gasteiger partial charge in [-0.1, -0.05) is 104 Å². The van der Waals surface area contributed by atoms with Crippen LogP contribution in [-0.4, -0.2) is 30.9 Å². The molecular formula is C29H35NO3. The van der Waals surface area contributed by atoms with Crippen molar-refractivity contribution in [3.63, 3.8) is 0 Å². The standard InChI is InChI=1S/C29H35NO3/c1-2-12-26-28(32-20-24-15-8-4-9-16-24)29(33-21-25-17-10-5-11-18-25)27(30-26)22-31-19-23-13-6-3-7-14-23/h3-11,13-18,26-30H,2,12,19-22H2,1H3/t26-,27+,28+,29+/m1/s1. The van der Waals surface area contributed by atoms with Gasteiger partial charge in [0, 0.05) is 6.04 Å². The molecule has 33 heavy (non-hydrogen) atoms. The van der Waals surface area contributed by atoms with Crippen molar-refractivity contribution >= 4 is 0 Å². The van der Waals surface area contributed by atoms with Crippen LogP contribution in [-0.2, 0) is 34.0 Å². The highest BCUT2D eigenvalue weighted by Gasteiger charge is 2.44. The molecular weight excluding hydrogens is 410 g/mol. The summed E-state index contributed by atoms with van der Waals surface area (Å²) in [7, 11) is 0. The first-order valence-electron chi connectivity index (χ1n) is 12.0. The fourth-order valence-corrected chi connectivity index (χ4v) is 4.46. The minimum absolute atomic E-state index is 0.0285. The van der Waals surface area contributed by atoms with Crippen LogP contribution in [0.1, 0.15) is 36.5 Å². The molecule has 0 saturated carbocycles. The second-order valence-electron chi connectivity index (χ2n) is 8.69. The van der Waals surface area contributed by atoms with E-state index in [0.29, 0.717) is 26.4 Å². The first-order valence-corrected chi connectivity index (χ1v) is 12.0. The highest BCUT2D eigenvalue weighted by atomic mass is 16.5. The largest absolute Gasteiger partial charge is 0.375 e. The number of benzene rings is 3. The van der Waals surface area contributed by atoms with Crippen molar-refractivity contribution in [2.45, 2.75) is 63.9 Å². The molecule has 0 unspecified atom stereocenters. The Bertz CT molecular complexity index is 919. The van der Waals surface area contributed by atoms with Crippen LogP contribution < -0.4 is 5.32 Å². The highest BCUT2D eigenvalue weighted by molar-refractivity contribution is 5.16. The summed E-state index contributed by atoms with van der Waals surface area (Å²) in [6.45, 7) is 4.54. The van der Waals surface area contributed by atoms with Gasteiger partial charge in [0.05, 0.1) is 32.5 Å². The van der Waals surface area contributed by atoms with E-state index in [1.54, 1.807) is 0 Å². The molecule has 0 amide bonds. The number of ether oxygens (including phenoxy) is 3. The van der Waals surface area contributed by atoms with E-state index in [0.717, 1.165) is 12.8 Å². The smallest absolute Gasteiger partial charge is 0.103 e. The van der Waals surface area contributed by atoms with Crippen LogP contribution in [0.15, 0.2) is 91.0 Å². The molecule has 1 aliphatic heterocycles. The molecule has 0 aromatic heterocycles. The number of rotatable bonds is 12. The van der Waals surface area contributed by atoms with Gasteiger partial charge in [0.15, 0.2) is 0 Å². The van der Waals surface area contributed by atoms with E-state index in [2.05, 4.69) is 72.9 Å². The monoisotopic (exact) mass is 445 g/mol. The van der Waals surface area contributed by atoms with Crippen molar-refractivity contribution in [1.82, 2.24) is 5.32 Å². The lowest BCUT2D eigenvalue weighted by Crippen LogP contribution is -2.40. The van der Waals surface area contributed by atoms with Crippen molar-refractivity contribution in [1.29, 1.82) is 0 Å². The quantitative estimate of drug-likeness (QED) is 0.399. The van der Waals surface area contributed by atoms with E-state index >= 15 is 0 Å². The SMILES string of the molecule is CCC[C@H]1N[C@@H](COCc2ccccc2)[C@H](OCc2ccccc2)[C@H]1OCc1ccccc1. The normalized spacial score (nSPS) is 22.5. The molecule has 4 nitrogen and oxygen atoms in total.